The van der Waals surface area contributed by atoms with E-state index in [2.05, 4.69) is 52.6 Å². The number of hydrogen-bond donors (Lipinski definition) is 2. The lowest BCUT2D eigenvalue weighted by Gasteiger charge is -2.16. The molecule has 8 heteroatoms. The fraction of sp³-hybridized carbons (Fsp3) is 0.565. The van der Waals surface area contributed by atoms with Gasteiger partial charge in [-0.25, -0.2) is 4.99 Å². The highest BCUT2D eigenvalue weighted by Crippen LogP contribution is 2.15. The minimum Gasteiger partial charge on any atom is -0.492 e. The van der Waals surface area contributed by atoms with E-state index in [4.69, 9.17) is 14.0 Å². The lowest BCUT2D eigenvalue weighted by atomic mass is 10.1. The van der Waals surface area contributed by atoms with Crippen LogP contribution in [0.3, 0.4) is 0 Å². The van der Waals surface area contributed by atoms with Crippen molar-refractivity contribution in [2.45, 2.75) is 39.8 Å². The Morgan fingerprint density at radius 1 is 1.19 bits per heavy atom. The van der Waals surface area contributed by atoms with E-state index >= 15 is 0 Å². The van der Waals surface area contributed by atoms with E-state index in [0.29, 0.717) is 25.6 Å². The van der Waals surface area contributed by atoms with Gasteiger partial charge >= 0.3 is 0 Å². The summed E-state index contributed by atoms with van der Waals surface area (Å²) in [5.74, 6) is 2.73. The summed E-state index contributed by atoms with van der Waals surface area (Å²) in [6.07, 6.45) is 0. The number of rotatable bonds is 13. The number of ether oxygens (including phenoxy) is 2. The molecule has 31 heavy (non-hydrogen) atoms. The number of nitrogens with zero attached hydrogens (tertiary/aromatic N) is 3. The summed E-state index contributed by atoms with van der Waals surface area (Å²) >= 11 is 0. The van der Waals surface area contributed by atoms with Crippen molar-refractivity contribution >= 4 is 5.96 Å². The smallest absolute Gasteiger partial charge is 0.191 e. The molecule has 2 aromatic rings. The zero-order chi connectivity index (χ0) is 22.5. The van der Waals surface area contributed by atoms with Crippen LogP contribution in [0.2, 0.25) is 0 Å². The third kappa shape index (κ3) is 9.40. The van der Waals surface area contributed by atoms with Crippen LogP contribution in [0.25, 0.3) is 0 Å². The highest BCUT2D eigenvalue weighted by molar-refractivity contribution is 5.79. The first kappa shape index (κ1) is 24.7. The van der Waals surface area contributed by atoms with Crippen molar-refractivity contribution in [2.75, 3.05) is 47.0 Å². The van der Waals surface area contributed by atoms with Crippen molar-refractivity contribution in [1.29, 1.82) is 0 Å². The minimum absolute atomic E-state index is 0.347. The summed E-state index contributed by atoms with van der Waals surface area (Å²) in [5.41, 5.74) is 2.05. The summed E-state index contributed by atoms with van der Waals surface area (Å²) in [6, 6.07) is 10.0. The maximum atomic E-state index is 5.90. The Bertz CT molecular complexity index is 791. The Morgan fingerprint density at radius 3 is 2.71 bits per heavy atom. The monoisotopic (exact) mass is 431 g/mol. The van der Waals surface area contributed by atoms with Crippen LogP contribution in [0.1, 0.15) is 43.7 Å². The van der Waals surface area contributed by atoms with Crippen molar-refractivity contribution in [3.8, 4) is 5.75 Å². The maximum absolute atomic E-state index is 5.90. The summed E-state index contributed by atoms with van der Waals surface area (Å²) in [5, 5.41) is 10.7. The van der Waals surface area contributed by atoms with E-state index in [-0.39, 0.29) is 0 Å². The van der Waals surface area contributed by atoms with E-state index in [1.807, 2.05) is 31.2 Å². The van der Waals surface area contributed by atoms with Crippen LogP contribution in [0.15, 0.2) is 39.8 Å². The van der Waals surface area contributed by atoms with Gasteiger partial charge in [0.1, 0.15) is 12.4 Å². The van der Waals surface area contributed by atoms with Gasteiger partial charge in [0.2, 0.25) is 0 Å². The van der Waals surface area contributed by atoms with Crippen LogP contribution in [0.4, 0.5) is 0 Å². The molecule has 172 valence electrons. The fourth-order valence-electron chi connectivity index (χ4n) is 2.78. The summed E-state index contributed by atoms with van der Waals surface area (Å²) in [6.45, 7) is 11.2. The molecule has 1 heterocycles. The first-order valence-corrected chi connectivity index (χ1v) is 10.9. The molecule has 0 radical (unpaired) electrons. The van der Waals surface area contributed by atoms with Crippen LogP contribution < -0.4 is 15.4 Å². The molecule has 2 N–H and O–H groups in total. The minimum atomic E-state index is 0.347. The first-order valence-electron chi connectivity index (χ1n) is 10.9. The first-order chi connectivity index (χ1) is 15.0. The number of aliphatic imine (C=N–C) groups is 1. The molecular formula is C23H37N5O3. The number of methoxy groups -OCH3 is 1. The molecule has 0 fully saturated rings. The number of nitrogens with one attached hydrogen (secondary N) is 2. The maximum Gasteiger partial charge on any atom is 0.191 e. The molecule has 0 aliphatic heterocycles. The van der Waals surface area contributed by atoms with Crippen LogP contribution in [0.5, 0.6) is 5.75 Å². The summed E-state index contributed by atoms with van der Waals surface area (Å²) < 4.78 is 16.4. The average molecular weight is 432 g/mol. The number of likely N-dealkylation sites (N-methyl/N-ethyl adjacent to an activating group) is 1. The van der Waals surface area contributed by atoms with Gasteiger partial charge in [0, 0.05) is 32.8 Å². The molecule has 1 aromatic heterocycles. The van der Waals surface area contributed by atoms with Gasteiger partial charge in [-0.1, -0.05) is 31.1 Å². The van der Waals surface area contributed by atoms with Gasteiger partial charge in [-0.2, -0.15) is 0 Å². The molecule has 0 saturated carbocycles. The van der Waals surface area contributed by atoms with Crippen LogP contribution in [-0.4, -0.2) is 63.0 Å². The van der Waals surface area contributed by atoms with Gasteiger partial charge in [-0.15, -0.1) is 0 Å². The van der Waals surface area contributed by atoms with Gasteiger partial charge < -0.3 is 29.5 Å². The normalized spacial score (nSPS) is 11.9. The van der Waals surface area contributed by atoms with Crippen LogP contribution in [0, 0.1) is 0 Å². The second-order valence-corrected chi connectivity index (χ2v) is 7.71. The number of hydrogen-bond acceptors (Lipinski definition) is 6. The topological polar surface area (TPSA) is 84.2 Å². The summed E-state index contributed by atoms with van der Waals surface area (Å²) in [4.78, 5) is 6.86. The second kappa shape index (κ2) is 13.7. The van der Waals surface area contributed by atoms with E-state index in [1.165, 1.54) is 0 Å². The van der Waals surface area contributed by atoms with Crippen LogP contribution >= 0.6 is 0 Å². The molecule has 0 amide bonds. The molecule has 0 bridgehead atoms. The van der Waals surface area contributed by atoms with Gasteiger partial charge in [0.05, 0.1) is 25.4 Å². The van der Waals surface area contributed by atoms with E-state index < -0.39 is 0 Å². The predicted octanol–water partition coefficient (Wildman–Crippen LogP) is 3.01. The van der Waals surface area contributed by atoms with E-state index in [0.717, 1.165) is 55.0 Å². The van der Waals surface area contributed by atoms with Crippen molar-refractivity contribution in [1.82, 2.24) is 20.7 Å². The van der Waals surface area contributed by atoms with E-state index in [9.17, 15) is 0 Å². The molecule has 1 aromatic carbocycles. The highest BCUT2D eigenvalue weighted by Gasteiger charge is 2.08. The third-order valence-electron chi connectivity index (χ3n) is 4.68. The largest absolute Gasteiger partial charge is 0.492 e. The molecule has 0 aliphatic rings. The predicted molar refractivity (Wildman–Crippen MR) is 124 cm³/mol. The van der Waals surface area contributed by atoms with Gasteiger partial charge in [-0.05, 0) is 37.6 Å². The molecule has 0 unspecified atom stereocenters. The SMILES string of the molecule is CCNC(=NCc1cccc(OCCN(C)CCOC)c1)NCc1cc(C(C)C)no1. The number of benzene rings is 1. The Kier molecular flexibility index (Phi) is 10.9. The van der Waals surface area contributed by atoms with Gasteiger partial charge in [0.15, 0.2) is 11.7 Å². The molecule has 2 rings (SSSR count). The molecule has 0 spiro atoms. The Morgan fingerprint density at radius 2 is 2.00 bits per heavy atom. The van der Waals surface area contributed by atoms with Crippen molar-refractivity contribution < 1.29 is 14.0 Å². The Balaban J connectivity index is 1.86. The summed E-state index contributed by atoms with van der Waals surface area (Å²) in [7, 11) is 3.78. The number of guanidine groups is 1. The quantitative estimate of drug-likeness (QED) is 0.372. The molecule has 0 atom stereocenters. The second-order valence-electron chi connectivity index (χ2n) is 7.71. The van der Waals surface area contributed by atoms with E-state index in [1.54, 1.807) is 7.11 Å². The lowest BCUT2D eigenvalue weighted by molar-refractivity contribution is 0.150. The zero-order valence-corrected chi connectivity index (χ0v) is 19.5. The highest BCUT2D eigenvalue weighted by atomic mass is 16.5. The Hall–Kier alpha value is -2.58. The average Bonchev–Trinajstić information content (AvgIpc) is 3.24. The Labute approximate surface area is 186 Å². The van der Waals surface area contributed by atoms with Crippen LogP contribution in [-0.2, 0) is 17.8 Å². The fourth-order valence-corrected chi connectivity index (χ4v) is 2.78. The molecule has 0 aliphatic carbocycles. The standard InChI is InChI=1S/C23H37N5O3/c1-6-24-23(26-17-21-15-22(18(2)3)27-31-21)25-16-19-8-7-9-20(14-19)30-13-11-28(4)10-12-29-5/h7-9,14-15,18H,6,10-13,16-17H2,1-5H3,(H2,24,25,26). The molecular weight excluding hydrogens is 394 g/mol. The third-order valence-corrected chi connectivity index (χ3v) is 4.68. The van der Waals surface area contributed by atoms with Gasteiger partial charge in [-0.3, -0.25) is 0 Å². The number of aromatic nitrogens is 1. The zero-order valence-electron chi connectivity index (χ0n) is 19.5. The molecule has 8 nitrogen and oxygen atoms in total. The van der Waals surface area contributed by atoms with Crippen molar-refractivity contribution in [3.05, 3.63) is 47.3 Å². The molecule has 0 saturated heterocycles. The van der Waals surface area contributed by atoms with Gasteiger partial charge in [0.25, 0.3) is 0 Å². The lowest BCUT2D eigenvalue weighted by Crippen LogP contribution is -2.36. The van der Waals surface area contributed by atoms with Crippen molar-refractivity contribution in [2.24, 2.45) is 4.99 Å². The van der Waals surface area contributed by atoms with Crippen molar-refractivity contribution in [3.63, 3.8) is 0 Å².